The number of halogens is 1. The third-order valence-corrected chi connectivity index (χ3v) is 8.51. The van der Waals surface area contributed by atoms with Crippen molar-refractivity contribution in [1.29, 1.82) is 0 Å². The van der Waals surface area contributed by atoms with Gasteiger partial charge in [-0.05, 0) is 74.4 Å². The predicted molar refractivity (Wildman–Crippen MR) is 193 cm³/mol. The maximum absolute atomic E-state index is 14.0. The lowest BCUT2D eigenvalue weighted by molar-refractivity contribution is -0.149. The first-order valence-corrected chi connectivity index (χ1v) is 17.0. The molecule has 3 aromatic carbocycles. The van der Waals surface area contributed by atoms with Gasteiger partial charge in [-0.2, -0.15) is 0 Å². The van der Waals surface area contributed by atoms with Crippen LogP contribution >= 0.6 is 12.4 Å². The maximum atomic E-state index is 14.0. The van der Waals surface area contributed by atoms with Gasteiger partial charge in [0.15, 0.2) is 0 Å². The number of carbonyl (C=O) groups excluding carboxylic acids is 4. The van der Waals surface area contributed by atoms with Crippen LogP contribution in [-0.2, 0) is 36.8 Å². The summed E-state index contributed by atoms with van der Waals surface area (Å²) < 4.78 is 10.8. The number of carbonyl (C=O) groups is 5. The topological polar surface area (TPSA) is 177 Å². The first-order chi connectivity index (χ1) is 24.2. The summed E-state index contributed by atoms with van der Waals surface area (Å²) in [5.41, 5.74) is 8.21. The molecule has 12 nitrogen and oxygen atoms in total. The molecule has 0 spiro atoms. The van der Waals surface area contributed by atoms with Gasteiger partial charge in [0.1, 0.15) is 23.9 Å². The highest BCUT2D eigenvalue weighted by Gasteiger charge is 2.38. The summed E-state index contributed by atoms with van der Waals surface area (Å²) in [5.74, 6) is -2.51. The largest absolute Gasteiger partial charge is 0.494 e. The Morgan fingerprint density at radius 3 is 2.10 bits per heavy atom. The first-order valence-electron chi connectivity index (χ1n) is 17.0. The zero-order chi connectivity index (χ0) is 35.9. The fourth-order valence-electron chi connectivity index (χ4n) is 5.84. The molecule has 0 radical (unpaired) electrons. The second kappa shape index (κ2) is 20.7. The number of benzene rings is 3. The highest BCUT2D eigenvalue weighted by molar-refractivity contribution is 5.94. The van der Waals surface area contributed by atoms with Gasteiger partial charge in [-0.25, -0.2) is 9.59 Å². The molecule has 3 amide bonds. The van der Waals surface area contributed by atoms with Gasteiger partial charge >= 0.3 is 11.9 Å². The Morgan fingerprint density at radius 1 is 0.843 bits per heavy atom. The van der Waals surface area contributed by atoms with E-state index in [1.54, 1.807) is 48.5 Å². The summed E-state index contributed by atoms with van der Waals surface area (Å²) in [6.07, 6.45) is 2.38. The number of aliphatic carboxylic acids is 1. The SMILES string of the molecule is CCOc1ccc(C[C@H](NC(=O)[C@@H](N)CCCCOC(=O)c2ccccc2)C(=O)N[C@@H](Cc2ccccc2)C(=O)N2CCC[C@@H]2C(=O)O)cc1.Cl. The lowest BCUT2D eigenvalue weighted by Gasteiger charge is -2.29. The number of unbranched alkanes of at least 4 members (excludes halogenated alkanes) is 1. The summed E-state index contributed by atoms with van der Waals surface area (Å²) in [6, 6.07) is 20.8. The molecule has 1 saturated heterocycles. The quantitative estimate of drug-likeness (QED) is 0.113. The molecule has 0 aliphatic carbocycles. The molecule has 13 heteroatoms. The highest BCUT2D eigenvalue weighted by atomic mass is 35.5. The van der Waals surface area contributed by atoms with E-state index >= 15 is 0 Å². The standard InChI is InChI=1S/C38H46N4O8.ClH/c1-2-49-29-20-18-27(19-21-29)24-31(40-34(43)30(39)16-9-10-23-50-38(48)28-14-7-4-8-15-28)35(44)41-32(25-26-12-5-3-6-13-26)36(45)42-22-11-17-33(42)37(46)47;/h3-8,12-15,18-21,30-33H,2,9-11,16-17,22-25,39H2,1H3,(H,40,43)(H,41,44)(H,46,47);1H/t30-,31-,32-,33+;/m0./s1. The molecular weight excluding hydrogens is 676 g/mol. The number of esters is 1. The van der Waals surface area contributed by atoms with Gasteiger partial charge in [0.2, 0.25) is 17.7 Å². The van der Waals surface area contributed by atoms with Gasteiger partial charge in [-0.1, -0.05) is 60.7 Å². The van der Waals surface area contributed by atoms with Gasteiger partial charge in [0.25, 0.3) is 0 Å². The number of ether oxygens (including phenoxy) is 2. The first kappa shape index (κ1) is 40.5. The fourth-order valence-corrected chi connectivity index (χ4v) is 5.84. The van der Waals surface area contributed by atoms with Crippen molar-refractivity contribution in [2.45, 2.75) is 76.0 Å². The summed E-state index contributed by atoms with van der Waals surface area (Å²) in [4.78, 5) is 66.5. The van der Waals surface area contributed by atoms with Gasteiger partial charge < -0.3 is 35.8 Å². The monoisotopic (exact) mass is 722 g/mol. The molecule has 4 atom stereocenters. The Balaban J connectivity index is 0.00000702. The van der Waals surface area contributed by atoms with Gasteiger partial charge in [0.05, 0.1) is 24.8 Å². The van der Waals surface area contributed by atoms with Crippen LogP contribution < -0.4 is 21.1 Å². The van der Waals surface area contributed by atoms with Crippen molar-refractivity contribution >= 4 is 42.1 Å². The van der Waals surface area contributed by atoms with Crippen LogP contribution in [0.1, 0.15) is 60.5 Å². The summed E-state index contributed by atoms with van der Waals surface area (Å²) in [6.45, 7) is 2.80. The lowest BCUT2D eigenvalue weighted by atomic mass is 10.0. The van der Waals surface area contributed by atoms with Crippen molar-refractivity contribution in [2.75, 3.05) is 19.8 Å². The molecule has 5 N–H and O–H groups in total. The van der Waals surface area contributed by atoms with Crippen LogP contribution in [0.5, 0.6) is 5.75 Å². The number of carboxylic acid groups (broad SMARTS) is 1. The Bertz CT molecular complexity index is 1580. The Labute approximate surface area is 304 Å². The van der Waals surface area contributed by atoms with Crippen molar-refractivity contribution in [3.05, 3.63) is 102 Å². The van der Waals surface area contributed by atoms with E-state index in [2.05, 4.69) is 10.6 Å². The van der Waals surface area contributed by atoms with E-state index in [0.717, 1.165) is 11.1 Å². The van der Waals surface area contributed by atoms with Crippen LogP contribution in [0, 0.1) is 0 Å². The molecule has 1 heterocycles. The van der Waals surface area contributed by atoms with Crippen molar-refractivity contribution < 1.29 is 38.6 Å². The molecule has 0 bridgehead atoms. The third kappa shape index (κ3) is 12.4. The highest BCUT2D eigenvalue weighted by Crippen LogP contribution is 2.20. The second-order valence-electron chi connectivity index (χ2n) is 12.2. The molecule has 1 fully saturated rings. The minimum Gasteiger partial charge on any atom is -0.494 e. The molecule has 0 saturated carbocycles. The number of likely N-dealkylation sites (tertiary alicyclic amines) is 1. The Morgan fingerprint density at radius 2 is 1.45 bits per heavy atom. The number of nitrogens with two attached hydrogens (primary N) is 1. The Hall–Kier alpha value is -4.94. The average Bonchev–Trinajstić information content (AvgIpc) is 3.63. The number of hydrogen-bond donors (Lipinski definition) is 4. The summed E-state index contributed by atoms with van der Waals surface area (Å²) in [5, 5.41) is 15.3. The minimum atomic E-state index is -1.10. The molecular formula is C38H47ClN4O8. The fraction of sp³-hybridized carbons (Fsp3) is 0.395. The van der Waals surface area contributed by atoms with E-state index in [-0.39, 0.29) is 44.8 Å². The molecule has 274 valence electrons. The van der Waals surface area contributed by atoms with E-state index in [1.165, 1.54) is 4.90 Å². The number of rotatable bonds is 18. The smallest absolute Gasteiger partial charge is 0.338 e. The average molecular weight is 723 g/mol. The molecule has 4 rings (SSSR count). The second-order valence-corrected chi connectivity index (χ2v) is 12.2. The number of amides is 3. The maximum Gasteiger partial charge on any atom is 0.338 e. The zero-order valence-electron chi connectivity index (χ0n) is 28.7. The minimum absolute atomic E-state index is 0. The lowest BCUT2D eigenvalue weighted by Crippen LogP contribution is -2.58. The molecule has 51 heavy (non-hydrogen) atoms. The van der Waals surface area contributed by atoms with Gasteiger partial charge in [0, 0.05) is 19.4 Å². The molecule has 0 unspecified atom stereocenters. The predicted octanol–water partition coefficient (Wildman–Crippen LogP) is 3.69. The van der Waals surface area contributed by atoms with Crippen LogP contribution in [0.4, 0.5) is 0 Å². The summed E-state index contributed by atoms with van der Waals surface area (Å²) in [7, 11) is 0. The van der Waals surface area contributed by atoms with Crippen LogP contribution in [0.15, 0.2) is 84.9 Å². The number of nitrogens with one attached hydrogen (secondary N) is 2. The molecule has 3 aromatic rings. The van der Waals surface area contributed by atoms with Crippen molar-refractivity contribution in [1.82, 2.24) is 15.5 Å². The molecule has 1 aliphatic heterocycles. The van der Waals surface area contributed by atoms with Crippen molar-refractivity contribution in [3.63, 3.8) is 0 Å². The van der Waals surface area contributed by atoms with Gasteiger partial charge in [-0.15, -0.1) is 12.4 Å². The van der Waals surface area contributed by atoms with E-state index in [1.807, 2.05) is 43.3 Å². The van der Waals surface area contributed by atoms with Crippen LogP contribution in [0.25, 0.3) is 0 Å². The number of carboxylic acids is 1. The Kier molecular flexibility index (Phi) is 16.4. The van der Waals surface area contributed by atoms with Gasteiger partial charge in [-0.3, -0.25) is 14.4 Å². The number of nitrogens with zero attached hydrogens (tertiary/aromatic N) is 1. The third-order valence-electron chi connectivity index (χ3n) is 8.51. The normalized spacial score (nSPS) is 15.4. The van der Waals surface area contributed by atoms with Crippen LogP contribution in [0.3, 0.4) is 0 Å². The van der Waals surface area contributed by atoms with Crippen molar-refractivity contribution in [3.8, 4) is 5.75 Å². The van der Waals surface area contributed by atoms with E-state index < -0.39 is 53.8 Å². The van der Waals surface area contributed by atoms with Crippen molar-refractivity contribution in [2.24, 2.45) is 5.73 Å². The van der Waals surface area contributed by atoms with E-state index in [4.69, 9.17) is 15.2 Å². The summed E-state index contributed by atoms with van der Waals surface area (Å²) >= 11 is 0. The molecule has 1 aliphatic rings. The van der Waals surface area contributed by atoms with E-state index in [0.29, 0.717) is 43.6 Å². The van der Waals surface area contributed by atoms with Crippen LogP contribution in [0.2, 0.25) is 0 Å². The molecule has 0 aromatic heterocycles. The van der Waals surface area contributed by atoms with E-state index in [9.17, 15) is 29.1 Å². The number of hydrogen-bond acceptors (Lipinski definition) is 8. The van der Waals surface area contributed by atoms with Crippen LogP contribution in [-0.4, -0.2) is 83.6 Å². The zero-order valence-corrected chi connectivity index (χ0v) is 29.5.